The molecular formula is C28H26N2O3. The van der Waals surface area contributed by atoms with Gasteiger partial charge in [0.1, 0.15) is 5.75 Å². The van der Waals surface area contributed by atoms with Crippen LogP contribution in [0.3, 0.4) is 0 Å². The number of hydrogen-bond acceptors (Lipinski definition) is 4. The van der Waals surface area contributed by atoms with E-state index in [9.17, 15) is 4.79 Å². The predicted molar refractivity (Wildman–Crippen MR) is 130 cm³/mol. The van der Waals surface area contributed by atoms with Crippen LogP contribution in [0, 0.1) is 6.92 Å². The highest BCUT2D eigenvalue weighted by molar-refractivity contribution is 5.96. The zero-order chi connectivity index (χ0) is 23.2. The minimum atomic E-state index is -0.396. The topological polar surface area (TPSA) is 53.4 Å². The third-order valence-electron chi connectivity index (χ3n) is 5.28. The first-order valence-corrected chi connectivity index (χ1v) is 10.8. The predicted octanol–water partition coefficient (Wildman–Crippen LogP) is 5.85. The Kier molecular flexibility index (Phi) is 6.69. The van der Waals surface area contributed by atoms with Crippen molar-refractivity contribution in [3.05, 3.63) is 108 Å². The van der Waals surface area contributed by atoms with Gasteiger partial charge in [0.15, 0.2) is 0 Å². The molecule has 0 spiro atoms. The highest BCUT2D eigenvalue weighted by Crippen LogP contribution is 2.30. The quantitative estimate of drug-likeness (QED) is 0.268. The largest absolute Gasteiger partial charge is 0.497 e. The standard InChI is InChI=1S/C28H26N2O3/c1-4-33-28(31)18-25(21-8-6-5-7-9-21)26-19-27(22-12-10-20(2)11-13-22)30(29-26)23-14-16-24(32-3)17-15-23/h5-19H,4H2,1-3H3. The fourth-order valence-corrected chi connectivity index (χ4v) is 3.59. The number of nitrogens with zero attached hydrogens (tertiary/aromatic N) is 2. The summed E-state index contributed by atoms with van der Waals surface area (Å²) in [6, 6.07) is 27.8. The number of aryl methyl sites for hydroxylation is 1. The Hall–Kier alpha value is -4.12. The van der Waals surface area contributed by atoms with Gasteiger partial charge in [-0.3, -0.25) is 0 Å². The van der Waals surface area contributed by atoms with Gasteiger partial charge in [-0.15, -0.1) is 0 Å². The van der Waals surface area contributed by atoms with Crippen LogP contribution in [0.4, 0.5) is 0 Å². The molecule has 0 unspecified atom stereocenters. The maximum atomic E-state index is 12.4. The lowest BCUT2D eigenvalue weighted by Gasteiger charge is -2.09. The Labute approximate surface area is 193 Å². The fourth-order valence-electron chi connectivity index (χ4n) is 3.59. The van der Waals surface area contributed by atoms with E-state index in [0.29, 0.717) is 17.9 Å². The maximum Gasteiger partial charge on any atom is 0.331 e. The third-order valence-corrected chi connectivity index (χ3v) is 5.28. The summed E-state index contributed by atoms with van der Waals surface area (Å²) < 4.78 is 12.4. The molecule has 4 aromatic rings. The molecule has 166 valence electrons. The Morgan fingerprint density at radius 1 is 0.970 bits per heavy atom. The summed E-state index contributed by atoms with van der Waals surface area (Å²) >= 11 is 0. The van der Waals surface area contributed by atoms with Crippen LogP contribution in [-0.2, 0) is 9.53 Å². The molecule has 0 aliphatic rings. The Balaban J connectivity index is 1.89. The van der Waals surface area contributed by atoms with E-state index in [1.54, 1.807) is 14.0 Å². The van der Waals surface area contributed by atoms with Crippen LogP contribution in [-0.4, -0.2) is 29.5 Å². The monoisotopic (exact) mass is 438 g/mol. The zero-order valence-corrected chi connectivity index (χ0v) is 19.0. The van der Waals surface area contributed by atoms with E-state index in [0.717, 1.165) is 28.3 Å². The molecule has 3 aromatic carbocycles. The average molecular weight is 439 g/mol. The Morgan fingerprint density at radius 3 is 2.30 bits per heavy atom. The van der Waals surface area contributed by atoms with Crippen LogP contribution in [0.25, 0.3) is 22.5 Å². The molecule has 0 fully saturated rings. The van der Waals surface area contributed by atoms with Crippen molar-refractivity contribution in [3.63, 3.8) is 0 Å². The number of carbonyl (C=O) groups is 1. The van der Waals surface area contributed by atoms with Gasteiger partial charge in [0, 0.05) is 17.2 Å². The van der Waals surface area contributed by atoms with Gasteiger partial charge in [-0.1, -0.05) is 60.2 Å². The molecule has 0 bridgehead atoms. The minimum Gasteiger partial charge on any atom is -0.497 e. The molecule has 0 saturated carbocycles. The number of esters is 1. The maximum absolute atomic E-state index is 12.4. The molecule has 0 aliphatic carbocycles. The lowest BCUT2D eigenvalue weighted by Crippen LogP contribution is -2.03. The highest BCUT2D eigenvalue weighted by Gasteiger charge is 2.17. The van der Waals surface area contributed by atoms with Gasteiger partial charge in [-0.25, -0.2) is 9.48 Å². The molecule has 33 heavy (non-hydrogen) atoms. The second-order valence-electron chi connectivity index (χ2n) is 7.57. The summed E-state index contributed by atoms with van der Waals surface area (Å²) in [4.78, 5) is 12.4. The number of ether oxygens (including phenoxy) is 2. The van der Waals surface area contributed by atoms with Gasteiger partial charge >= 0.3 is 5.97 Å². The van der Waals surface area contributed by atoms with Crippen molar-refractivity contribution in [3.8, 4) is 22.7 Å². The van der Waals surface area contributed by atoms with Crippen molar-refractivity contribution in [2.24, 2.45) is 0 Å². The number of benzene rings is 3. The summed E-state index contributed by atoms with van der Waals surface area (Å²) in [5, 5.41) is 4.92. The Bertz CT molecular complexity index is 1260. The molecule has 0 atom stereocenters. The summed E-state index contributed by atoms with van der Waals surface area (Å²) in [5.74, 6) is 0.377. The van der Waals surface area contributed by atoms with Gasteiger partial charge < -0.3 is 9.47 Å². The van der Waals surface area contributed by atoms with Crippen LogP contribution in [0.1, 0.15) is 23.7 Å². The molecule has 0 radical (unpaired) electrons. The number of hydrogen-bond donors (Lipinski definition) is 0. The van der Waals surface area contributed by atoms with Gasteiger partial charge in [0.25, 0.3) is 0 Å². The number of rotatable bonds is 7. The van der Waals surface area contributed by atoms with Crippen molar-refractivity contribution in [1.82, 2.24) is 9.78 Å². The van der Waals surface area contributed by atoms with E-state index in [-0.39, 0.29) is 0 Å². The SMILES string of the molecule is CCOC(=O)C=C(c1ccccc1)c1cc(-c2ccc(C)cc2)n(-c2ccc(OC)cc2)n1. The first-order chi connectivity index (χ1) is 16.1. The van der Waals surface area contributed by atoms with Crippen molar-refractivity contribution < 1.29 is 14.3 Å². The molecule has 1 aromatic heterocycles. The number of aromatic nitrogens is 2. The molecule has 0 saturated heterocycles. The molecule has 1 heterocycles. The molecule has 0 aliphatic heterocycles. The van der Waals surface area contributed by atoms with E-state index in [1.165, 1.54) is 11.6 Å². The number of carbonyl (C=O) groups excluding carboxylic acids is 1. The van der Waals surface area contributed by atoms with Crippen molar-refractivity contribution >= 4 is 11.5 Å². The third kappa shape index (κ3) is 5.04. The van der Waals surface area contributed by atoms with E-state index in [4.69, 9.17) is 14.6 Å². The van der Waals surface area contributed by atoms with Crippen molar-refractivity contribution in [2.45, 2.75) is 13.8 Å². The van der Waals surface area contributed by atoms with Crippen LogP contribution in [0.15, 0.2) is 91.0 Å². The molecule has 5 nitrogen and oxygen atoms in total. The molecule has 0 N–H and O–H groups in total. The van der Waals surface area contributed by atoms with Gasteiger partial charge in [-0.05, 0) is 49.7 Å². The van der Waals surface area contributed by atoms with Crippen LogP contribution >= 0.6 is 0 Å². The average Bonchev–Trinajstić information content (AvgIpc) is 3.29. The van der Waals surface area contributed by atoms with Crippen molar-refractivity contribution in [1.29, 1.82) is 0 Å². The molecule has 5 heteroatoms. The summed E-state index contributed by atoms with van der Waals surface area (Å²) in [6.07, 6.45) is 1.51. The second-order valence-corrected chi connectivity index (χ2v) is 7.57. The normalized spacial score (nSPS) is 11.3. The lowest BCUT2D eigenvalue weighted by atomic mass is 10.0. The molecule has 0 amide bonds. The fraction of sp³-hybridized carbons (Fsp3) is 0.143. The summed E-state index contributed by atoms with van der Waals surface area (Å²) in [7, 11) is 1.64. The van der Waals surface area contributed by atoms with Gasteiger partial charge in [0.2, 0.25) is 0 Å². The Morgan fingerprint density at radius 2 is 1.67 bits per heavy atom. The molecule has 4 rings (SSSR count). The van der Waals surface area contributed by atoms with Crippen LogP contribution in [0.2, 0.25) is 0 Å². The van der Waals surface area contributed by atoms with E-state index in [2.05, 4.69) is 31.2 Å². The lowest BCUT2D eigenvalue weighted by molar-refractivity contribution is -0.137. The first kappa shape index (κ1) is 22.1. The number of methoxy groups -OCH3 is 1. The molecular weight excluding hydrogens is 412 g/mol. The smallest absolute Gasteiger partial charge is 0.331 e. The first-order valence-electron chi connectivity index (χ1n) is 10.8. The van der Waals surface area contributed by atoms with Crippen LogP contribution < -0.4 is 4.74 Å². The van der Waals surface area contributed by atoms with Crippen LogP contribution in [0.5, 0.6) is 5.75 Å². The second kappa shape index (κ2) is 10.0. The van der Waals surface area contributed by atoms with E-state index >= 15 is 0 Å². The van der Waals surface area contributed by atoms with E-state index in [1.807, 2.05) is 65.3 Å². The highest BCUT2D eigenvalue weighted by atomic mass is 16.5. The summed E-state index contributed by atoms with van der Waals surface area (Å²) in [5.41, 5.74) is 6.29. The zero-order valence-electron chi connectivity index (χ0n) is 19.0. The van der Waals surface area contributed by atoms with Gasteiger partial charge in [-0.2, -0.15) is 5.10 Å². The summed E-state index contributed by atoms with van der Waals surface area (Å²) in [6.45, 7) is 4.17. The van der Waals surface area contributed by atoms with Gasteiger partial charge in [0.05, 0.1) is 30.8 Å². The van der Waals surface area contributed by atoms with E-state index < -0.39 is 5.97 Å². The van der Waals surface area contributed by atoms with Crippen molar-refractivity contribution in [2.75, 3.05) is 13.7 Å². The minimum absolute atomic E-state index is 0.312.